The lowest BCUT2D eigenvalue weighted by molar-refractivity contribution is -0.0979. The Balaban J connectivity index is 0.00000126. The first-order valence-electron chi connectivity index (χ1n) is 11.2. The zero-order valence-corrected chi connectivity index (χ0v) is 19.0. The smallest absolute Gasteiger partial charge is 0.144 e. The predicted molar refractivity (Wildman–Crippen MR) is 130 cm³/mol. The van der Waals surface area contributed by atoms with Gasteiger partial charge in [-0.05, 0) is 43.9 Å². The number of anilines is 3. The highest BCUT2D eigenvalue weighted by Gasteiger charge is 2.27. The van der Waals surface area contributed by atoms with Gasteiger partial charge in [-0.1, -0.05) is 0 Å². The van der Waals surface area contributed by atoms with Crippen molar-refractivity contribution < 1.29 is 4.79 Å². The standard InChI is InChI=1S/C22H29N9.CH2O/c1-30-4-6-31(7-5-30)12-14-2-3-18-16(8-14)20-21(28-18)26-13-27-22(20)29-19-9-15(10-23)17(24)11-25-19;1-2/h9-11,13-14,23H,2-8,12,24H2,1H3,(H2,25,26,27,28,29);1H2. The summed E-state index contributed by atoms with van der Waals surface area (Å²) in [6, 6.07) is 1.77. The third-order valence-corrected chi connectivity index (χ3v) is 6.56. The number of pyridine rings is 1. The molecule has 3 aromatic rings. The number of rotatable bonds is 5. The van der Waals surface area contributed by atoms with E-state index in [9.17, 15) is 0 Å². The molecule has 0 aromatic carbocycles. The van der Waals surface area contributed by atoms with E-state index in [1.165, 1.54) is 23.9 Å². The molecule has 1 unspecified atom stereocenters. The summed E-state index contributed by atoms with van der Waals surface area (Å²) < 4.78 is 0. The van der Waals surface area contributed by atoms with E-state index >= 15 is 0 Å². The van der Waals surface area contributed by atoms with Gasteiger partial charge in [-0.25, -0.2) is 15.0 Å². The summed E-state index contributed by atoms with van der Waals surface area (Å²) in [7, 11) is 2.20. The molecule has 4 heterocycles. The van der Waals surface area contributed by atoms with Crippen LogP contribution in [-0.4, -0.2) is 82.5 Å². The lowest BCUT2D eigenvalue weighted by atomic mass is 9.86. The van der Waals surface area contributed by atoms with Gasteiger partial charge in [0.05, 0.1) is 17.3 Å². The third-order valence-electron chi connectivity index (χ3n) is 6.56. The van der Waals surface area contributed by atoms with Gasteiger partial charge < -0.3 is 36.0 Å². The molecule has 3 aromatic heterocycles. The van der Waals surface area contributed by atoms with Crippen molar-refractivity contribution in [1.82, 2.24) is 29.7 Å². The fourth-order valence-corrected chi connectivity index (χ4v) is 4.76. The lowest BCUT2D eigenvalue weighted by Gasteiger charge is -2.35. The molecule has 1 aliphatic carbocycles. The summed E-state index contributed by atoms with van der Waals surface area (Å²) in [5.74, 6) is 2.01. The summed E-state index contributed by atoms with van der Waals surface area (Å²) in [4.78, 5) is 29.9. The summed E-state index contributed by atoms with van der Waals surface area (Å²) >= 11 is 0. The summed E-state index contributed by atoms with van der Waals surface area (Å²) in [5, 5.41) is 11.9. The van der Waals surface area contributed by atoms with Crippen molar-refractivity contribution >= 4 is 41.4 Å². The van der Waals surface area contributed by atoms with E-state index in [1.807, 2.05) is 6.79 Å². The number of H-pyrrole nitrogens is 1. The number of nitrogens with one attached hydrogen (secondary N) is 3. The zero-order valence-electron chi connectivity index (χ0n) is 19.0. The number of hydrogen-bond acceptors (Lipinski definition) is 9. The van der Waals surface area contributed by atoms with E-state index in [0.29, 0.717) is 23.0 Å². The molecule has 1 atom stereocenters. The van der Waals surface area contributed by atoms with Crippen molar-refractivity contribution in [3.05, 3.63) is 35.4 Å². The number of nitrogen functional groups attached to an aromatic ring is 1. The molecular weight excluding hydrogens is 418 g/mol. The number of likely N-dealkylation sites (N-methyl/N-ethyl adjacent to an activating group) is 1. The first-order chi connectivity index (χ1) is 16.1. The van der Waals surface area contributed by atoms with Crippen molar-refractivity contribution in [2.24, 2.45) is 5.92 Å². The lowest BCUT2D eigenvalue weighted by Crippen LogP contribution is -2.46. The quantitative estimate of drug-likeness (QED) is 0.433. The van der Waals surface area contributed by atoms with Gasteiger partial charge in [-0.2, -0.15) is 0 Å². The van der Waals surface area contributed by atoms with Gasteiger partial charge in [0.2, 0.25) is 0 Å². The van der Waals surface area contributed by atoms with Gasteiger partial charge in [-0.15, -0.1) is 0 Å². The molecular formula is C23H31N9O. The molecule has 5 N–H and O–H groups in total. The Morgan fingerprint density at radius 3 is 2.82 bits per heavy atom. The Bertz CT molecular complexity index is 1120. The second-order valence-corrected chi connectivity index (χ2v) is 8.71. The Hall–Kier alpha value is -3.37. The number of hydrogen-bond donors (Lipinski definition) is 4. The van der Waals surface area contributed by atoms with E-state index in [4.69, 9.17) is 15.9 Å². The fraction of sp³-hybridized carbons (Fsp3) is 0.435. The van der Waals surface area contributed by atoms with Crippen molar-refractivity contribution in [3.63, 3.8) is 0 Å². The molecule has 10 heteroatoms. The highest BCUT2D eigenvalue weighted by atomic mass is 16.1. The van der Waals surface area contributed by atoms with Crippen LogP contribution < -0.4 is 11.1 Å². The first kappa shape index (κ1) is 22.8. The van der Waals surface area contributed by atoms with Crippen LogP contribution in [0.25, 0.3) is 11.0 Å². The van der Waals surface area contributed by atoms with Crippen LogP contribution in [0.3, 0.4) is 0 Å². The molecule has 174 valence electrons. The van der Waals surface area contributed by atoms with Crippen LogP contribution in [0, 0.1) is 11.3 Å². The van der Waals surface area contributed by atoms with E-state index in [1.54, 1.807) is 18.6 Å². The van der Waals surface area contributed by atoms with Gasteiger partial charge >= 0.3 is 0 Å². The van der Waals surface area contributed by atoms with Crippen molar-refractivity contribution in [2.45, 2.75) is 19.3 Å². The van der Waals surface area contributed by atoms with Crippen LogP contribution in [0.2, 0.25) is 0 Å². The monoisotopic (exact) mass is 449 g/mol. The minimum atomic E-state index is 0.485. The molecule has 33 heavy (non-hydrogen) atoms. The van der Waals surface area contributed by atoms with Gasteiger partial charge in [0.15, 0.2) is 0 Å². The average Bonchev–Trinajstić information content (AvgIpc) is 3.22. The van der Waals surface area contributed by atoms with E-state index in [0.717, 1.165) is 62.4 Å². The van der Waals surface area contributed by atoms with Gasteiger partial charge in [0.25, 0.3) is 0 Å². The first-order valence-corrected chi connectivity index (χ1v) is 11.2. The molecule has 0 saturated carbocycles. The second kappa shape index (κ2) is 10.1. The summed E-state index contributed by atoms with van der Waals surface area (Å²) in [5.41, 5.74) is 10.5. The number of carbonyl (C=O) groups excluding carboxylic acids is 1. The van der Waals surface area contributed by atoms with Crippen molar-refractivity contribution in [1.29, 1.82) is 5.41 Å². The summed E-state index contributed by atoms with van der Waals surface area (Å²) in [6.07, 6.45) is 7.65. The molecule has 5 rings (SSSR count). The minimum Gasteiger partial charge on any atom is -0.397 e. The number of fused-ring (bicyclic) bond motifs is 3. The number of aromatic amines is 1. The normalized spacial score (nSPS) is 18.9. The Kier molecular flexibility index (Phi) is 6.95. The van der Waals surface area contributed by atoms with Gasteiger partial charge in [0.1, 0.15) is 30.4 Å². The molecule has 1 fully saturated rings. The zero-order chi connectivity index (χ0) is 23.4. The highest BCUT2D eigenvalue weighted by Crippen LogP contribution is 2.35. The van der Waals surface area contributed by atoms with E-state index < -0.39 is 0 Å². The molecule has 10 nitrogen and oxygen atoms in total. The average molecular weight is 450 g/mol. The number of piperazine rings is 1. The third kappa shape index (κ3) is 4.86. The Morgan fingerprint density at radius 2 is 2.06 bits per heavy atom. The fourth-order valence-electron chi connectivity index (χ4n) is 4.76. The van der Waals surface area contributed by atoms with Crippen LogP contribution in [0.5, 0.6) is 0 Å². The van der Waals surface area contributed by atoms with E-state index in [-0.39, 0.29) is 0 Å². The topological polar surface area (TPSA) is 140 Å². The van der Waals surface area contributed by atoms with Crippen LogP contribution in [0.4, 0.5) is 17.3 Å². The Morgan fingerprint density at radius 1 is 1.27 bits per heavy atom. The maximum atomic E-state index is 8.00. The van der Waals surface area contributed by atoms with E-state index in [2.05, 4.69) is 42.1 Å². The number of nitrogens with two attached hydrogens (primary N) is 1. The maximum absolute atomic E-state index is 8.00. The molecule has 0 amide bonds. The molecule has 2 aliphatic rings. The van der Waals surface area contributed by atoms with Crippen LogP contribution in [0.1, 0.15) is 23.2 Å². The number of aryl methyl sites for hydroxylation is 1. The SMILES string of the molecule is C=O.CN1CCN(CC2CCc3[nH]c4ncnc(Nc5cc(C=N)c(N)cn5)c4c3C2)CC1. The molecule has 0 spiro atoms. The number of nitrogens with zero attached hydrogens (tertiary/aromatic N) is 5. The predicted octanol–water partition coefficient (Wildman–Crippen LogP) is 1.84. The second-order valence-electron chi connectivity index (χ2n) is 8.71. The molecule has 0 bridgehead atoms. The van der Waals surface area contributed by atoms with Gasteiger partial charge in [0, 0.05) is 50.2 Å². The van der Waals surface area contributed by atoms with Crippen LogP contribution in [-0.2, 0) is 17.6 Å². The number of carbonyl (C=O) groups is 1. The summed E-state index contributed by atoms with van der Waals surface area (Å²) in [6.45, 7) is 7.76. The molecule has 0 radical (unpaired) electrons. The molecule has 1 saturated heterocycles. The van der Waals surface area contributed by atoms with Crippen molar-refractivity contribution in [3.8, 4) is 0 Å². The minimum absolute atomic E-state index is 0.485. The molecule has 1 aliphatic heterocycles. The van der Waals surface area contributed by atoms with Crippen LogP contribution >= 0.6 is 0 Å². The van der Waals surface area contributed by atoms with Gasteiger partial charge in [-0.3, -0.25) is 0 Å². The maximum Gasteiger partial charge on any atom is 0.144 e. The van der Waals surface area contributed by atoms with Crippen LogP contribution in [0.15, 0.2) is 18.6 Å². The highest BCUT2D eigenvalue weighted by molar-refractivity contribution is 5.93. The number of aromatic nitrogens is 4. The largest absolute Gasteiger partial charge is 0.397 e. The Labute approximate surface area is 193 Å². The van der Waals surface area contributed by atoms with Crippen molar-refractivity contribution in [2.75, 3.05) is 50.8 Å².